The van der Waals surface area contributed by atoms with Gasteiger partial charge in [-0.15, -0.1) is 0 Å². The summed E-state index contributed by atoms with van der Waals surface area (Å²) in [5.74, 6) is 1.23. The Morgan fingerprint density at radius 2 is 1.93 bits per heavy atom. The van der Waals surface area contributed by atoms with Crippen molar-refractivity contribution in [2.45, 2.75) is 6.92 Å². The lowest BCUT2D eigenvalue weighted by Crippen LogP contribution is -2.16. The van der Waals surface area contributed by atoms with E-state index in [4.69, 9.17) is 13.9 Å². The summed E-state index contributed by atoms with van der Waals surface area (Å²) < 4.78 is 16.4. The first kappa shape index (κ1) is 18.3. The van der Waals surface area contributed by atoms with E-state index in [9.17, 15) is 4.79 Å². The summed E-state index contributed by atoms with van der Waals surface area (Å²) in [6.45, 7) is 6.54. The van der Waals surface area contributed by atoms with Crippen LogP contribution in [0.15, 0.2) is 70.7 Å². The highest BCUT2D eigenvalue weighted by Gasteiger charge is 2.12. The first-order valence-corrected chi connectivity index (χ1v) is 8.53. The first-order chi connectivity index (χ1) is 13.2. The van der Waals surface area contributed by atoms with Crippen LogP contribution < -0.4 is 14.9 Å². The van der Waals surface area contributed by atoms with Crippen LogP contribution in [-0.2, 0) is 0 Å². The number of ether oxygens (including phenoxy) is 2. The third-order valence-electron chi connectivity index (χ3n) is 3.65. The van der Waals surface area contributed by atoms with Crippen molar-refractivity contribution in [1.82, 2.24) is 5.43 Å². The van der Waals surface area contributed by atoms with E-state index in [0.717, 1.165) is 22.4 Å². The molecule has 0 unspecified atom stereocenters. The van der Waals surface area contributed by atoms with E-state index in [1.807, 2.05) is 37.3 Å². The van der Waals surface area contributed by atoms with Crippen molar-refractivity contribution in [3.8, 4) is 11.5 Å². The molecule has 0 atom stereocenters. The Labute approximate surface area is 157 Å². The van der Waals surface area contributed by atoms with Gasteiger partial charge in [0.25, 0.3) is 0 Å². The molecule has 0 aliphatic rings. The van der Waals surface area contributed by atoms with Gasteiger partial charge < -0.3 is 13.9 Å². The molecule has 0 saturated carbocycles. The summed E-state index contributed by atoms with van der Waals surface area (Å²) in [4.78, 5) is 12.2. The molecule has 1 aromatic heterocycles. The minimum absolute atomic E-state index is 0.184. The highest BCUT2D eigenvalue weighted by Crippen LogP contribution is 2.24. The summed E-state index contributed by atoms with van der Waals surface area (Å²) in [5, 5.41) is 4.76. The molecule has 0 aliphatic carbocycles. The van der Waals surface area contributed by atoms with Crippen molar-refractivity contribution < 1.29 is 18.7 Å². The Bertz CT molecular complexity index is 958. The normalized spacial score (nSPS) is 10.9. The zero-order chi connectivity index (χ0) is 19.1. The maximum Gasteiger partial charge on any atom is 0.307 e. The van der Waals surface area contributed by atoms with Crippen molar-refractivity contribution >= 4 is 23.1 Å². The molecule has 1 amide bonds. The number of benzene rings is 2. The smallest absolute Gasteiger partial charge is 0.307 e. The van der Waals surface area contributed by atoms with Crippen LogP contribution in [0.3, 0.4) is 0 Å². The van der Waals surface area contributed by atoms with Crippen molar-refractivity contribution in [2.75, 3.05) is 13.2 Å². The summed E-state index contributed by atoms with van der Waals surface area (Å²) in [6, 6.07) is 14.4. The quantitative estimate of drug-likeness (QED) is 0.370. The molecule has 6 nitrogen and oxygen atoms in total. The highest BCUT2D eigenvalue weighted by molar-refractivity contribution is 5.96. The Kier molecular flexibility index (Phi) is 5.89. The predicted molar refractivity (Wildman–Crippen MR) is 105 cm³/mol. The Morgan fingerprint density at radius 3 is 2.67 bits per heavy atom. The van der Waals surface area contributed by atoms with Gasteiger partial charge in [0.05, 0.1) is 12.8 Å². The lowest BCUT2D eigenvalue weighted by molar-refractivity contribution is 0.0929. The number of hydrazone groups is 1. The van der Waals surface area contributed by atoms with Crippen LogP contribution in [-0.4, -0.2) is 25.3 Å². The highest BCUT2D eigenvalue weighted by atomic mass is 16.5. The van der Waals surface area contributed by atoms with Gasteiger partial charge in [0.2, 0.25) is 0 Å². The first-order valence-electron chi connectivity index (χ1n) is 8.53. The van der Waals surface area contributed by atoms with Crippen LogP contribution >= 0.6 is 0 Å². The molecule has 0 spiro atoms. The van der Waals surface area contributed by atoms with Crippen molar-refractivity contribution in [1.29, 1.82) is 0 Å². The fourth-order valence-corrected chi connectivity index (χ4v) is 2.42. The van der Waals surface area contributed by atoms with Gasteiger partial charge in [-0.05, 0) is 61.0 Å². The molecule has 0 fully saturated rings. The number of fused-ring (bicyclic) bond motifs is 1. The summed E-state index contributed by atoms with van der Waals surface area (Å²) in [6.07, 6.45) is 3.23. The molecule has 0 radical (unpaired) electrons. The molecular weight excluding hydrogens is 344 g/mol. The van der Waals surface area contributed by atoms with Gasteiger partial charge in [-0.1, -0.05) is 12.7 Å². The third-order valence-corrected chi connectivity index (χ3v) is 3.65. The van der Waals surface area contributed by atoms with Crippen LogP contribution in [0.2, 0.25) is 0 Å². The molecule has 3 rings (SSSR count). The predicted octanol–water partition coefficient (Wildman–Crippen LogP) is 4.16. The zero-order valence-electron chi connectivity index (χ0n) is 15.0. The second-order valence-electron chi connectivity index (χ2n) is 5.61. The van der Waals surface area contributed by atoms with Crippen molar-refractivity contribution in [2.24, 2.45) is 5.10 Å². The van der Waals surface area contributed by atoms with Gasteiger partial charge in [0.1, 0.15) is 23.7 Å². The molecule has 3 aromatic rings. The second kappa shape index (κ2) is 8.71. The number of amides is 1. The largest absolute Gasteiger partial charge is 0.494 e. The van der Waals surface area contributed by atoms with E-state index in [0.29, 0.717) is 18.8 Å². The zero-order valence-corrected chi connectivity index (χ0v) is 15.0. The number of nitrogens with one attached hydrogen (secondary N) is 1. The summed E-state index contributed by atoms with van der Waals surface area (Å²) in [5.41, 5.74) is 3.90. The molecule has 6 heteroatoms. The summed E-state index contributed by atoms with van der Waals surface area (Å²) in [7, 11) is 0. The SMILES string of the molecule is C=CCOc1ccc(/C=N/NC(=O)c2cc3cc(OCC)ccc3o2)cc1. The Morgan fingerprint density at radius 1 is 1.15 bits per heavy atom. The van der Waals surface area contributed by atoms with E-state index >= 15 is 0 Å². The van der Waals surface area contributed by atoms with Crippen LogP contribution in [0.25, 0.3) is 11.0 Å². The maximum atomic E-state index is 12.2. The van der Waals surface area contributed by atoms with E-state index in [1.165, 1.54) is 0 Å². The molecule has 2 aromatic carbocycles. The van der Waals surface area contributed by atoms with Crippen LogP contribution in [0.5, 0.6) is 11.5 Å². The number of rotatable bonds is 8. The number of hydrogen-bond acceptors (Lipinski definition) is 5. The Balaban J connectivity index is 1.62. The van der Waals surface area contributed by atoms with E-state index in [-0.39, 0.29) is 5.76 Å². The fraction of sp³-hybridized carbons (Fsp3) is 0.143. The van der Waals surface area contributed by atoms with Crippen LogP contribution in [0.4, 0.5) is 0 Å². The van der Waals surface area contributed by atoms with Gasteiger partial charge in [0.15, 0.2) is 5.76 Å². The number of nitrogens with zero attached hydrogens (tertiary/aromatic N) is 1. The van der Waals surface area contributed by atoms with Crippen molar-refractivity contribution in [3.05, 3.63) is 72.5 Å². The molecule has 0 bridgehead atoms. The van der Waals surface area contributed by atoms with Crippen LogP contribution in [0, 0.1) is 0 Å². The van der Waals surface area contributed by atoms with Crippen LogP contribution in [0.1, 0.15) is 23.0 Å². The molecule has 27 heavy (non-hydrogen) atoms. The van der Waals surface area contributed by atoms with Crippen molar-refractivity contribution in [3.63, 3.8) is 0 Å². The number of hydrogen-bond donors (Lipinski definition) is 1. The molecule has 138 valence electrons. The fourth-order valence-electron chi connectivity index (χ4n) is 2.42. The van der Waals surface area contributed by atoms with Gasteiger partial charge in [-0.2, -0.15) is 5.10 Å². The molecular formula is C21H20N2O4. The van der Waals surface area contributed by atoms with Gasteiger partial charge in [-0.3, -0.25) is 4.79 Å². The average Bonchev–Trinajstić information content (AvgIpc) is 3.11. The molecule has 1 N–H and O–H groups in total. The average molecular weight is 364 g/mol. The molecule has 1 heterocycles. The topological polar surface area (TPSA) is 73.1 Å². The minimum atomic E-state index is -0.425. The monoisotopic (exact) mass is 364 g/mol. The second-order valence-corrected chi connectivity index (χ2v) is 5.61. The number of carbonyl (C=O) groups excluding carboxylic acids is 1. The number of furan rings is 1. The maximum absolute atomic E-state index is 12.2. The molecule has 0 saturated heterocycles. The lowest BCUT2D eigenvalue weighted by Gasteiger charge is -2.02. The Hall–Kier alpha value is -3.54. The lowest BCUT2D eigenvalue weighted by atomic mass is 10.2. The molecule has 0 aliphatic heterocycles. The standard InChI is InChI=1S/C21H20N2O4/c1-3-11-26-17-7-5-15(6-8-17)14-22-23-21(24)20-13-16-12-18(25-4-2)9-10-19(16)27-20/h3,5-10,12-14H,1,4,11H2,2H3,(H,23,24)/b22-14+. The van der Waals surface area contributed by atoms with Gasteiger partial charge in [0, 0.05) is 5.39 Å². The van der Waals surface area contributed by atoms with E-state index in [2.05, 4.69) is 17.1 Å². The summed E-state index contributed by atoms with van der Waals surface area (Å²) >= 11 is 0. The van der Waals surface area contributed by atoms with E-state index < -0.39 is 5.91 Å². The van der Waals surface area contributed by atoms with Gasteiger partial charge in [-0.25, -0.2) is 5.43 Å². The number of carbonyl (C=O) groups is 1. The minimum Gasteiger partial charge on any atom is -0.494 e. The van der Waals surface area contributed by atoms with Gasteiger partial charge >= 0.3 is 5.91 Å². The third kappa shape index (κ3) is 4.76. The van der Waals surface area contributed by atoms with E-state index in [1.54, 1.807) is 30.5 Å².